The summed E-state index contributed by atoms with van der Waals surface area (Å²) in [6, 6.07) is 0.961. The number of hydrogen-bond acceptors (Lipinski definition) is 6. The smallest absolute Gasteiger partial charge is 0.319 e. The molecule has 2 aromatic heterocycles. The van der Waals surface area contributed by atoms with Gasteiger partial charge in [-0.25, -0.2) is 23.5 Å². The van der Waals surface area contributed by atoms with Gasteiger partial charge in [0.1, 0.15) is 11.6 Å². The van der Waals surface area contributed by atoms with E-state index >= 15 is 0 Å². The minimum absolute atomic E-state index is 0.0288. The molecule has 32 heavy (non-hydrogen) atoms. The molecule has 1 aliphatic heterocycles. The Kier molecular flexibility index (Phi) is 6.22. The van der Waals surface area contributed by atoms with Gasteiger partial charge in [-0.05, 0) is 18.9 Å². The molecule has 2 N–H and O–H groups in total. The largest absolute Gasteiger partial charge is 0.455 e. The van der Waals surface area contributed by atoms with Crippen LogP contribution in [0.25, 0.3) is 11.0 Å². The second kappa shape index (κ2) is 9.07. The van der Waals surface area contributed by atoms with E-state index in [1.165, 1.54) is 18.5 Å². The molecular weight excluding hydrogens is 420 g/mol. The zero-order valence-electron chi connectivity index (χ0n) is 18.1. The van der Waals surface area contributed by atoms with E-state index in [-0.39, 0.29) is 11.5 Å². The Balaban J connectivity index is 1.49. The van der Waals surface area contributed by atoms with Crippen LogP contribution in [0.15, 0.2) is 28.9 Å². The van der Waals surface area contributed by atoms with Crippen molar-refractivity contribution < 1.29 is 22.7 Å². The molecule has 0 bridgehead atoms. The molecule has 1 saturated heterocycles. The maximum atomic E-state index is 14.2. The second-order valence-corrected chi connectivity index (χ2v) is 8.05. The van der Waals surface area contributed by atoms with Gasteiger partial charge < -0.3 is 24.7 Å². The first-order chi connectivity index (χ1) is 15.3. The number of fused-ring (bicyclic) bond motifs is 1. The number of benzene rings is 1. The summed E-state index contributed by atoms with van der Waals surface area (Å²) in [4.78, 5) is 23.3. The molecule has 1 aliphatic rings. The number of nitrogens with zero attached hydrogens (tertiary/aromatic N) is 3. The molecular formula is C22H25F2N5O3. The highest BCUT2D eigenvalue weighted by molar-refractivity contribution is 5.89. The number of morpholine rings is 1. The van der Waals surface area contributed by atoms with Gasteiger partial charge in [0.25, 0.3) is 0 Å². The zero-order valence-corrected chi connectivity index (χ0v) is 18.1. The van der Waals surface area contributed by atoms with E-state index in [4.69, 9.17) is 9.15 Å². The number of nitrogens with one attached hydrogen (secondary N) is 2. The molecule has 10 heteroatoms. The Morgan fingerprint density at radius 3 is 2.50 bits per heavy atom. The molecule has 1 aromatic carbocycles. The zero-order chi connectivity index (χ0) is 22.8. The molecule has 170 valence electrons. The molecule has 8 nitrogen and oxygen atoms in total. The highest BCUT2D eigenvalue weighted by Gasteiger charge is 2.27. The van der Waals surface area contributed by atoms with E-state index in [9.17, 15) is 13.6 Å². The Morgan fingerprint density at radius 1 is 1.16 bits per heavy atom. The van der Waals surface area contributed by atoms with Crippen LogP contribution in [-0.4, -0.2) is 42.3 Å². The quantitative estimate of drug-likeness (QED) is 0.613. The van der Waals surface area contributed by atoms with Gasteiger partial charge in [0.2, 0.25) is 5.95 Å². The van der Waals surface area contributed by atoms with Gasteiger partial charge in [0.15, 0.2) is 11.4 Å². The summed E-state index contributed by atoms with van der Waals surface area (Å²) in [5.74, 6) is -0.579. The number of aromatic nitrogens is 2. The Labute approximate surface area is 184 Å². The topological polar surface area (TPSA) is 92.5 Å². The first kappa shape index (κ1) is 21.9. The molecule has 3 heterocycles. The molecule has 0 unspecified atom stereocenters. The van der Waals surface area contributed by atoms with Crippen molar-refractivity contribution in [2.75, 3.05) is 36.5 Å². The third-order valence-electron chi connectivity index (χ3n) is 5.42. The lowest BCUT2D eigenvalue weighted by atomic mass is 9.98. The fourth-order valence-corrected chi connectivity index (χ4v) is 3.71. The molecule has 0 aliphatic carbocycles. The second-order valence-electron chi connectivity index (χ2n) is 8.05. The summed E-state index contributed by atoms with van der Waals surface area (Å²) < 4.78 is 38.9. The molecule has 0 spiro atoms. The average Bonchev–Trinajstić information content (AvgIpc) is 3.09. The highest BCUT2D eigenvalue weighted by atomic mass is 19.1. The summed E-state index contributed by atoms with van der Waals surface area (Å²) in [5, 5.41) is 5.90. The number of carbonyl (C=O) groups excluding carboxylic acids is 1. The van der Waals surface area contributed by atoms with Crippen LogP contribution >= 0.6 is 0 Å². The van der Waals surface area contributed by atoms with E-state index in [0.29, 0.717) is 54.6 Å². The van der Waals surface area contributed by atoms with Crippen LogP contribution in [0.1, 0.15) is 31.2 Å². The van der Waals surface area contributed by atoms with Crippen LogP contribution in [0, 0.1) is 24.5 Å². The Morgan fingerprint density at radius 2 is 1.84 bits per heavy atom. The van der Waals surface area contributed by atoms with Crippen molar-refractivity contribution >= 4 is 28.6 Å². The average molecular weight is 445 g/mol. The SMILES string of the molecule is Cc1c([C@H](NC(=O)Nc2cnc(N3CCOCC3)nc2)C(C)C)oc2c(F)cc(F)cc12. The number of furan rings is 1. The molecule has 1 atom stereocenters. The van der Waals surface area contributed by atoms with E-state index in [1.807, 2.05) is 18.7 Å². The minimum atomic E-state index is -0.779. The summed E-state index contributed by atoms with van der Waals surface area (Å²) in [7, 11) is 0. The molecule has 4 rings (SSSR count). The van der Waals surface area contributed by atoms with E-state index in [1.54, 1.807) is 6.92 Å². The highest BCUT2D eigenvalue weighted by Crippen LogP contribution is 2.34. The summed E-state index contributed by atoms with van der Waals surface area (Å²) >= 11 is 0. The van der Waals surface area contributed by atoms with Crippen LogP contribution in [0.4, 0.5) is 25.2 Å². The summed E-state index contributed by atoms with van der Waals surface area (Å²) in [5.41, 5.74) is 0.978. The van der Waals surface area contributed by atoms with Crippen molar-refractivity contribution in [1.82, 2.24) is 15.3 Å². The maximum absolute atomic E-state index is 14.2. The van der Waals surface area contributed by atoms with Crippen LogP contribution in [-0.2, 0) is 4.74 Å². The fourth-order valence-electron chi connectivity index (χ4n) is 3.71. The Bertz CT molecular complexity index is 1110. The summed E-state index contributed by atoms with van der Waals surface area (Å²) in [6.07, 6.45) is 3.07. The first-order valence-corrected chi connectivity index (χ1v) is 10.4. The predicted octanol–water partition coefficient (Wildman–Crippen LogP) is 4.16. The number of amides is 2. The predicted molar refractivity (Wildman–Crippen MR) is 116 cm³/mol. The lowest BCUT2D eigenvalue weighted by Crippen LogP contribution is -2.37. The number of carbonyl (C=O) groups is 1. The minimum Gasteiger partial charge on any atom is -0.455 e. The van der Waals surface area contributed by atoms with Crippen LogP contribution < -0.4 is 15.5 Å². The molecule has 3 aromatic rings. The standard InChI is InChI=1S/C22H25F2N5O3/c1-12(2)18(19-13(3)16-8-14(23)9-17(24)20(16)32-19)28-22(30)27-15-10-25-21(26-11-15)29-4-6-31-7-5-29/h8-12,18H,4-7H2,1-3H3,(H2,27,28,30)/t18-/m1/s1. The first-order valence-electron chi connectivity index (χ1n) is 10.4. The number of halogens is 2. The van der Waals surface area contributed by atoms with Crippen molar-refractivity contribution in [3.05, 3.63) is 47.5 Å². The molecule has 1 fully saturated rings. The molecule has 2 amide bonds. The lowest BCUT2D eigenvalue weighted by Gasteiger charge is -2.26. The van der Waals surface area contributed by atoms with Crippen LogP contribution in [0.5, 0.6) is 0 Å². The normalized spacial score (nSPS) is 15.2. The number of aryl methyl sites for hydroxylation is 1. The van der Waals surface area contributed by atoms with Gasteiger partial charge >= 0.3 is 6.03 Å². The monoisotopic (exact) mass is 445 g/mol. The van der Waals surface area contributed by atoms with Crippen LogP contribution in [0.3, 0.4) is 0 Å². The number of rotatable bonds is 5. The van der Waals surface area contributed by atoms with Gasteiger partial charge in [-0.15, -0.1) is 0 Å². The van der Waals surface area contributed by atoms with Gasteiger partial charge in [0.05, 0.1) is 37.3 Å². The maximum Gasteiger partial charge on any atom is 0.319 e. The van der Waals surface area contributed by atoms with Crippen molar-refractivity contribution in [2.45, 2.75) is 26.8 Å². The third kappa shape index (κ3) is 4.50. The van der Waals surface area contributed by atoms with Gasteiger partial charge in [-0.1, -0.05) is 13.8 Å². The molecule has 0 radical (unpaired) electrons. The van der Waals surface area contributed by atoms with Crippen molar-refractivity contribution in [1.29, 1.82) is 0 Å². The van der Waals surface area contributed by atoms with Crippen molar-refractivity contribution in [3.63, 3.8) is 0 Å². The number of ether oxygens (including phenoxy) is 1. The van der Waals surface area contributed by atoms with Crippen molar-refractivity contribution in [2.24, 2.45) is 5.92 Å². The van der Waals surface area contributed by atoms with Gasteiger partial charge in [-0.3, -0.25) is 0 Å². The number of hydrogen-bond donors (Lipinski definition) is 2. The van der Waals surface area contributed by atoms with Gasteiger partial charge in [0, 0.05) is 30.1 Å². The Hall–Kier alpha value is -3.27. The van der Waals surface area contributed by atoms with Crippen molar-refractivity contribution in [3.8, 4) is 0 Å². The summed E-state index contributed by atoms with van der Waals surface area (Å²) in [6.45, 7) is 8.19. The van der Waals surface area contributed by atoms with Crippen LogP contribution in [0.2, 0.25) is 0 Å². The molecule has 0 saturated carbocycles. The lowest BCUT2D eigenvalue weighted by molar-refractivity contribution is 0.122. The third-order valence-corrected chi connectivity index (χ3v) is 5.42. The van der Waals surface area contributed by atoms with E-state index in [0.717, 1.165) is 6.07 Å². The van der Waals surface area contributed by atoms with Gasteiger partial charge in [-0.2, -0.15) is 0 Å². The van der Waals surface area contributed by atoms with E-state index < -0.39 is 23.7 Å². The fraction of sp³-hybridized carbons (Fsp3) is 0.409. The van der Waals surface area contributed by atoms with E-state index in [2.05, 4.69) is 20.6 Å². The number of urea groups is 1. The number of anilines is 2.